The summed E-state index contributed by atoms with van der Waals surface area (Å²) in [5.41, 5.74) is 2.90. The van der Waals surface area contributed by atoms with Crippen LogP contribution in [0.4, 0.5) is 5.69 Å². The number of amides is 1. The Morgan fingerprint density at radius 3 is 2.74 bits per heavy atom. The van der Waals surface area contributed by atoms with Crippen LogP contribution in [0, 0.1) is 0 Å². The number of H-pyrrole nitrogens is 1. The number of carbonyl (C=O) groups excluding carboxylic acids is 1. The molecule has 0 atom stereocenters. The van der Waals surface area contributed by atoms with Crippen molar-refractivity contribution in [1.82, 2.24) is 19.7 Å². The van der Waals surface area contributed by atoms with Crippen LogP contribution in [-0.2, 0) is 0 Å². The van der Waals surface area contributed by atoms with Gasteiger partial charge in [-0.25, -0.2) is 9.67 Å². The first-order valence-corrected chi connectivity index (χ1v) is 7.16. The first-order chi connectivity index (χ1) is 11.3. The molecule has 0 spiro atoms. The van der Waals surface area contributed by atoms with E-state index < -0.39 is 0 Å². The molecule has 23 heavy (non-hydrogen) atoms. The van der Waals surface area contributed by atoms with Gasteiger partial charge < -0.3 is 10.3 Å². The fourth-order valence-corrected chi connectivity index (χ4v) is 2.36. The van der Waals surface area contributed by atoms with Crippen molar-refractivity contribution in [3.63, 3.8) is 0 Å². The molecule has 6 heteroatoms. The monoisotopic (exact) mass is 303 g/mol. The fraction of sp³-hybridized carbons (Fsp3) is 0. The summed E-state index contributed by atoms with van der Waals surface area (Å²) in [6, 6.07) is 16.6. The largest absolute Gasteiger partial charge is 0.322 e. The number of carbonyl (C=O) groups is 1. The van der Waals surface area contributed by atoms with Gasteiger partial charge in [-0.2, -0.15) is 5.10 Å². The molecular formula is C17H13N5O. The Kier molecular flexibility index (Phi) is 3.12. The van der Waals surface area contributed by atoms with Gasteiger partial charge in [-0.15, -0.1) is 0 Å². The van der Waals surface area contributed by atoms with E-state index in [-0.39, 0.29) is 5.91 Å². The Balaban J connectivity index is 1.65. The van der Waals surface area contributed by atoms with E-state index in [1.165, 1.54) is 0 Å². The Labute approximate surface area is 131 Å². The Bertz CT molecular complexity index is 957. The summed E-state index contributed by atoms with van der Waals surface area (Å²) in [6.45, 7) is 0. The number of hydrogen-bond donors (Lipinski definition) is 2. The highest BCUT2D eigenvalue weighted by Gasteiger charge is 2.10. The van der Waals surface area contributed by atoms with Crippen LogP contribution in [0.15, 0.2) is 67.0 Å². The van der Waals surface area contributed by atoms with Crippen LogP contribution >= 0.6 is 0 Å². The van der Waals surface area contributed by atoms with Gasteiger partial charge in [0.15, 0.2) is 0 Å². The summed E-state index contributed by atoms with van der Waals surface area (Å²) in [7, 11) is 0. The number of rotatable bonds is 3. The minimum atomic E-state index is -0.159. The van der Waals surface area contributed by atoms with Crippen LogP contribution in [0.5, 0.6) is 0 Å². The van der Waals surface area contributed by atoms with Gasteiger partial charge in [-0.05, 0) is 36.4 Å². The van der Waals surface area contributed by atoms with Crippen molar-refractivity contribution in [2.45, 2.75) is 0 Å². The standard InChI is InChI=1S/C17H13N5O/c23-16(19-13-5-2-1-3-6-13)12-7-8-14-15(11-12)21-17(20-14)22-10-4-9-18-22/h1-11H,(H,19,23)(H,20,21). The van der Waals surface area contributed by atoms with E-state index >= 15 is 0 Å². The number of imidazole rings is 1. The molecule has 1 amide bonds. The third kappa shape index (κ3) is 2.57. The fourth-order valence-electron chi connectivity index (χ4n) is 2.36. The maximum atomic E-state index is 12.3. The van der Waals surface area contributed by atoms with E-state index in [1.807, 2.05) is 42.5 Å². The number of fused-ring (bicyclic) bond motifs is 1. The second-order valence-electron chi connectivity index (χ2n) is 5.06. The van der Waals surface area contributed by atoms with E-state index in [0.29, 0.717) is 11.5 Å². The van der Waals surface area contributed by atoms with E-state index in [9.17, 15) is 4.79 Å². The number of nitrogens with one attached hydrogen (secondary N) is 2. The third-order valence-corrected chi connectivity index (χ3v) is 3.48. The predicted molar refractivity (Wildman–Crippen MR) is 87.6 cm³/mol. The molecule has 2 aromatic heterocycles. The highest BCUT2D eigenvalue weighted by Crippen LogP contribution is 2.17. The van der Waals surface area contributed by atoms with Gasteiger partial charge in [-0.3, -0.25) is 4.79 Å². The molecule has 0 aliphatic carbocycles. The minimum absolute atomic E-state index is 0.159. The molecule has 4 aromatic rings. The average molecular weight is 303 g/mol. The number of para-hydroxylation sites is 1. The van der Waals surface area contributed by atoms with Crippen molar-refractivity contribution in [3.05, 3.63) is 72.6 Å². The van der Waals surface area contributed by atoms with Crippen molar-refractivity contribution in [1.29, 1.82) is 0 Å². The van der Waals surface area contributed by atoms with Crippen molar-refractivity contribution < 1.29 is 4.79 Å². The quantitative estimate of drug-likeness (QED) is 0.611. The van der Waals surface area contributed by atoms with Gasteiger partial charge in [-0.1, -0.05) is 18.2 Å². The zero-order valence-corrected chi connectivity index (χ0v) is 12.1. The SMILES string of the molecule is O=C(Nc1ccccc1)c1ccc2nc(-n3cccn3)[nH]c2c1. The molecule has 0 saturated carbocycles. The van der Waals surface area contributed by atoms with Crippen LogP contribution < -0.4 is 5.32 Å². The van der Waals surface area contributed by atoms with Crippen LogP contribution in [-0.4, -0.2) is 25.7 Å². The number of benzene rings is 2. The molecule has 2 N–H and O–H groups in total. The predicted octanol–water partition coefficient (Wildman–Crippen LogP) is 3.00. The molecule has 0 fully saturated rings. The zero-order valence-electron chi connectivity index (χ0n) is 12.1. The first kappa shape index (κ1) is 13.3. The van der Waals surface area contributed by atoms with Gasteiger partial charge in [0, 0.05) is 23.6 Å². The molecule has 6 nitrogen and oxygen atoms in total. The molecule has 2 heterocycles. The Hall–Kier alpha value is -3.41. The van der Waals surface area contributed by atoms with Crippen molar-refractivity contribution in [3.8, 4) is 5.95 Å². The van der Waals surface area contributed by atoms with Gasteiger partial charge in [0.1, 0.15) is 0 Å². The Morgan fingerprint density at radius 1 is 1.09 bits per heavy atom. The highest BCUT2D eigenvalue weighted by molar-refractivity contribution is 6.05. The smallest absolute Gasteiger partial charge is 0.255 e. The molecule has 0 bridgehead atoms. The molecule has 0 aliphatic rings. The molecular weight excluding hydrogens is 290 g/mol. The molecule has 0 unspecified atom stereocenters. The summed E-state index contributed by atoms with van der Waals surface area (Å²) < 4.78 is 1.64. The topological polar surface area (TPSA) is 75.6 Å². The van der Waals surface area contributed by atoms with E-state index in [4.69, 9.17) is 0 Å². The number of aromatic nitrogens is 4. The lowest BCUT2D eigenvalue weighted by molar-refractivity contribution is 0.102. The van der Waals surface area contributed by atoms with E-state index in [1.54, 1.807) is 29.2 Å². The summed E-state index contributed by atoms with van der Waals surface area (Å²) >= 11 is 0. The number of anilines is 1. The van der Waals surface area contributed by atoms with Gasteiger partial charge in [0.05, 0.1) is 11.0 Å². The lowest BCUT2D eigenvalue weighted by Gasteiger charge is -2.04. The van der Waals surface area contributed by atoms with Crippen LogP contribution in [0.1, 0.15) is 10.4 Å². The molecule has 2 aromatic carbocycles. The third-order valence-electron chi connectivity index (χ3n) is 3.48. The lowest BCUT2D eigenvalue weighted by Crippen LogP contribution is -2.11. The van der Waals surface area contributed by atoms with Crippen molar-refractivity contribution in [2.75, 3.05) is 5.32 Å². The molecule has 4 rings (SSSR count). The number of nitrogens with zero attached hydrogens (tertiary/aromatic N) is 3. The number of hydrogen-bond acceptors (Lipinski definition) is 3. The second kappa shape index (κ2) is 5.42. The van der Waals surface area contributed by atoms with Gasteiger partial charge in [0.2, 0.25) is 5.95 Å². The average Bonchev–Trinajstić information content (AvgIpc) is 3.24. The molecule has 0 saturated heterocycles. The van der Waals surface area contributed by atoms with E-state index in [2.05, 4.69) is 20.4 Å². The second-order valence-corrected chi connectivity index (χ2v) is 5.06. The molecule has 112 valence electrons. The summed E-state index contributed by atoms with van der Waals surface area (Å²) in [6.07, 6.45) is 3.49. The van der Waals surface area contributed by atoms with Crippen molar-refractivity contribution in [2.24, 2.45) is 0 Å². The summed E-state index contributed by atoms with van der Waals surface area (Å²) in [4.78, 5) is 19.9. The van der Waals surface area contributed by atoms with Gasteiger partial charge >= 0.3 is 0 Å². The maximum absolute atomic E-state index is 12.3. The summed E-state index contributed by atoms with van der Waals surface area (Å²) in [5.74, 6) is 0.457. The van der Waals surface area contributed by atoms with Crippen LogP contribution in [0.25, 0.3) is 17.0 Å². The van der Waals surface area contributed by atoms with Crippen molar-refractivity contribution >= 4 is 22.6 Å². The number of aromatic amines is 1. The van der Waals surface area contributed by atoms with Crippen LogP contribution in [0.3, 0.4) is 0 Å². The van der Waals surface area contributed by atoms with Gasteiger partial charge in [0.25, 0.3) is 5.91 Å². The highest BCUT2D eigenvalue weighted by atomic mass is 16.1. The minimum Gasteiger partial charge on any atom is -0.322 e. The van der Waals surface area contributed by atoms with E-state index in [0.717, 1.165) is 16.7 Å². The maximum Gasteiger partial charge on any atom is 0.255 e. The Morgan fingerprint density at radius 2 is 1.96 bits per heavy atom. The first-order valence-electron chi connectivity index (χ1n) is 7.16. The summed E-state index contributed by atoms with van der Waals surface area (Å²) in [5, 5.41) is 7.01. The lowest BCUT2D eigenvalue weighted by atomic mass is 10.2. The van der Waals surface area contributed by atoms with Crippen LogP contribution in [0.2, 0.25) is 0 Å². The molecule has 0 aliphatic heterocycles. The molecule has 0 radical (unpaired) electrons. The zero-order chi connectivity index (χ0) is 15.6. The normalized spacial score (nSPS) is 10.8.